The van der Waals surface area contributed by atoms with E-state index in [4.69, 9.17) is 4.52 Å². The Balaban J connectivity index is 1.73. The summed E-state index contributed by atoms with van der Waals surface area (Å²) >= 11 is 0. The van der Waals surface area contributed by atoms with E-state index in [0.29, 0.717) is 18.7 Å². The quantitative estimate of drug-likeness (QED) is 0.576. The molecule has 4 aromatic rings. The largest absolute Gasteiger partial charge is 0.360 e. The number of rotatable bonds is 3. The predicted octanol–water partition coefficient (Wildman–Crippen LogP) is 3.20. The first-order chi connectivity index (χ1) is 13.6. The van der Waals surface area contributed by atoms with Crippen molar-refractivity contribution in [3.8, 4) is 0 Å². The zero-order chi connectivity index (χ0) is 19.3. The Morgan fingerprint density at radius 3 is 2.75 bits per heavy atom. The van der Waals surface area contributed by atoms with Gasteiger partial charge in [0.15, 0.2) is 5.76 Å². The van der Waals surface area contributed by atoms with Gasteiger partial charge in [-0.15, -0.1) is 0 Å². The van der Waals surface area contributed by atoms with Crippen molar-refractivity contribution in [1.82, 2.24) is 19.4 Å². The lowest BCUT2D eigenvalue weighted by atomic mass is 9.97. The second-order valence-corrected chi connectivity index (χ2v) is 8.69. The summed E-state index contributed by atoms with van der Waals surface area (Å²) in [6.07, 6.45) is 3.56. The molecule has 142 valence electrons. The van der Waals surface area contributed by atoms with Crippen LogP contribution in [-0.4, -0.2) is 34.4 Å². The number of aromatic amines is 1. The van der Waals surface area contributed by atoms with Crippen LogP contribution in [-0.2, 0) is 16.4 Å². The van der Waals surface area contributed by atoms with Crippen molar-refractivity contribution in [1.29, 1.82) is 0 Å². The molecule has 7 nitrogen and oxygen atoms in total. The SMILES string of the molecule is Cc1oncc1S(=O)(=O)N1CCc2c([nH]c3ccccc23)[C@@H]1c1ccccn1. The Morgan fingerprint density at radius 1 is 1.18 bits per heavy atom. The normalized spacial score (nSPS) is 17.7. The molecule has 1 atom stereocenters. The zero-order valence-electron chi connectivity index (χ0n) is 15.2. The van der Waals surface area contributed by atoms with Crippen LogP contribution < -0.4 is 0 Å². The number of pyridine rings is 1. The van der Waals surface area contributed by atoms with Crippen molar-refractivity contribution in [2.45, 2.75) is 24.3 Å². The Kier molecular flexibility index (Phi) is 3.85. The molecule has 5 rings (SSSR count). The molecule has 1 N–H and O–H groups in total. The number of para-hydroxylation sites is 1. The maximum atomic E-state index is 13.5. The summed E-state index contributed by atoms with van der Waals surface area (Å²) in [5, 5.41) is 4.78. The minimum Gasteiger partial charge on any atom is -0.360 e. The fourth-order valence-corrected chi connectivity index (χ4v) is 5.63. The average molecular weight is 394 g/mol. The monoisotopic (exact) mass is 394 g/mol. The van der Waals surface area contributed by atoms with Crippen LogP contribution >= 0.6 is 0 Å². The Bertz CT molecular complexity index is 1260. The van der Waals surface area contributed by atoms with Crippen LogP contribution in [0.4, 0.5) is 0 Å². The maximum Gasteiger partial charge on any atom is 0.249 e. The van der Waals surface area contributed by atoms with E-state index < -0.39 is 16.1 Å². The molecule has 0 unspecified atom stereocenters. The van der Waals surface area contributed by atoms with Crippen molar-refractivity contribution in [2.75, 3.05) is 6.54 Å². The van der Waals surface area contributed by atoms with Crippen molar-refractivity contribution >= 4 is 20.9 Å². The van der Waals surface area contributed by atoms with E-state index in [1.54, 1.807) is 13.1 Å². The predicted molar refractivity (Wildman–Crippen MR) is 103 cm³/mol. The number of aryl methyl sites for hydroxylation is 1. The number of H-pyrrole nitrogens is 1. The number of nitrogens with one attached hydrogen (secondary N) is 1. The summed E-state index contributed by atoms with van der Waals surface area (Å²) in [4.78, 5) is 8.01. The second-order valence-electron chi connectivity index (χ2n) is 6.83. The van der Waals surface area contributed by atoms with Gasteiger partial charge in [-0.25, -0.2) is 8.42 Å². The molecule has 1 aliphatic heterocycles. The first-order valence-electron chi connectivity index (χ1n) is 9.01. The lowest BCUT2D eigenvalue weighted by Gasteiger charge is -2.34. The van der Waals surface area contributed by atoms with Crippen LogP contribution in [0.15, 0.2) is 64.3 Å². The van der Waals surface area contributed by atoms with E-state index >= 15 is 0 Å². The minimum absolute atomic E-state index is 0.0907. The molecule has 28 heavy (non-hydrogen) atoms. The molecule has 0 radical (unpaired) electrons. The fraction of sp³-hybridized carbons (Fsp3) is 0.200. The number of sulfonamides is 1. The Labute approximate surface area is 162 Å². The van der Waals surface area contributed by atoms with Crippen LogP contribution in [0, 0.1) is 6.92 Å². The van der Waals surface area contributed by atoms with Gasteiger partial charge in [-0.3, -0.25) is 4.98 Å². The number of nitrogens with zero attached hydrogens (tertiary/aromatic N) is 3. The van der Waals surface area contributed by atoms with Gasteiger partial charge in [-0.1, -0.05) is 29.4 Å². The Morgan fingerprint density at radius 2 is 2.00 bits per heavy atom. The highest BCUT2D eigenvalue weighted by Crippen LogP contribution is 2.40. The molecule has 4 heterocycles. The van der Waals surface area contributed by atoms with Gasteiger partial charge in [0.2, 0.25) is 10.0 Å². The summed E-state index contributed by atoms with van der Waals surface area (Å²) in [6, 6.07) is 13.0. The number of hydrogen-bond donors (Lipinski definition) is 1. The number of fused-ring (bicyclic) bond motifs is 3. The smallest absolute Gasteiger partial charge is 0.249 e. The maximum absolute atomic E-state index is 13.5. The van der Waals surface area contributed by atoms with E-state index in [1.807, 2.05) is 36.4 Å². The van der Waals surface area contributed by atoms with E-state index in [1.165, 1.54) is 10.5 Å². The van der Waals surface area contributed by atoms with Gasteiger partial charge in [-0.05, 0) is 37.1 Å². The molecule has 0 fully saturated rings. The van der Waals surface area contributed by atoms with Gasteiger partial charge in [-0.2, -0.15) is 4.31 Å². The number of aromatic nitrogens is 3. The van der Waals surface area contributed by atoms with Crippen LogP contribution in [0.2, 0.25) is 0 Å². The first-order valence-corrected chi connectivity index (χ1v) is 10.4. The molecule has 0 saturated carbocycles. The van der Waals surface area contributed by atoms with Crippen LogP contribution in [0.25, 0.3) is 10.9 Å². The van der Waals surface area contributed by atoms with Gasteiger partial charge in [0.05, 0.1) is 11.9 Å². The lowest BCUT2D eigenvalue weighted by Crippen LogP contribution is -2.41. The third kappa shape index (κ3) is 2.49. The van der Waals surface area contributed by atoms with Gasteiger partial charge < -0.3 is 9.51 Å². The summed E-state index contributed by atoms with van der Waals surface area (Å²) in [7, 11) is -3.81. The second kappa shape index (κ2) is 6.29. The van der Waals surface area contributed by atoms with Crippen molar-refractivity contribution in [3.05, 3.63) is 77.6 Å². The van der Waals surface area contributed by atoms with Crippen LogP contribution in [0.3, 0.4) is 0 Å². The molecule has 1 aliphatic rings. The van der Waals surface area contributed by atoms with E-state index in [0.717, 1.165) is 22.2 Å². The van der Waals surface area contributed by atoms with Crippen LogP contribution in [0.5, 0.6) is 0 Å². The molecule has 0 aliphatic carbocycles. The molecule has 0 bridgehead atoms. The summed E-state index contributed by atoms with van der Waals surface area (Å²) in [5.41, 5.74) is 3.67. The summed E-state index contributed by atoms with van der Waals surface area (Å²) in [6.45, 7) is 1.96. The van der Waals surface area contributed by atoms with Gasteiger partial charge in [0.1, 0.15) is 10.9 Å². The molecule has 0 amide bonds. The van der Waals surface area contributed by atoms with E-state index in [2.05, 4.69) is 21.2 Å². The average Bonchev–Trinajstić information content (AvgIpc) is 3.31. The molecule has 1 aromatic carbocycles. The molecule has 0 spiro atoms. The highest BCUT2D eigenvalue weighted by Gasteiger charge is 2.41. The molecular weight excluding hydrogens is 376 g/mol. The minimum atomic E-state index is -3.81. The number of hydrogen-bond acceptors (Lipinski definition) is 5. The Hall–Kier alpha value is -2.97. The fourth-order valence-electron chi connectivity index (χ4n) is 3.97. The molecule has 3 aromatic heterocycles. The first kappa shape index (κ1) is 17.2. The van der Waals surface area contributed by atoms with Gasteiger partial charge >= 0.3 is 0 Å². The standard InChI is InChI=1S/C20H18N4O3S/c1-13-18(12-22-27-13)28(25,26)24-11-9-15-14-6-2-3-7-16(14)23-19(15)20(24)17-8-4-5-10-21-17/h2-8,10,12,20,23H,9,11H2,1H3/t20-/m0/s1. The van der Waals surface area contributed by atoms with Gasteiger partial charge in [0, 0.05) is 29.3 Å². The summed E-state index contributed by atoms with van der Waals surface area (Å²) < 4.78 is 33.4. The topological polar surface area (TPSA) is 92.1 Å². The van der Waals surface area contributed by atoms with Gasteiger partial charge in [0.25, 0.3) is 0 Å². The highest BCUT2D eigenvalue weighted by molar-refractivity contribution is 7.89. The van der Waals surface area contributed by atoms with E-state index in [9.17, 15) is 8.42 Å². The third-order valence-electron chi connectivity index (χ3n) is 5.25. The third-order valence-corrected chi connectivity index (χ3v) is 7.21. The molecular formula is C20H18N4O3S. The van der Waals surface area contributed by atoms with Crippen LogP contribution in [0.1, 0.15) is 28.8 Å². The highest BCUT2D eigenvalue weighted by atomic mass is 32.2. The summed E-state index contributed by atoms with van der Waals surface area (Å²) in [5.74, 6) is 0.280. The van der Waals surface area contributed by atoms with E-state index in [-0.39, 0.29) is 10.7 Å². The molecule has 8 heteroatoms. The van der Waals surface area contributed by atoms with Crippen molar-refractivity contribution in [3.63, 3.8) is 0 Å². The molecule has 0 saturated heterocycles. The zero-order valence-corrected chi connectivity index (χ0v) is 16.0. The van der Waals surface area contributed by atoms with Crippen molar-refractivity contribution in [2.24, 2.45) is 0 Å². The lowest BCUT2D eigenvalue weighted by molar-refractivity contribution is 0.334. The number of benzene rings is 1. The van der Waals surface area contributed by atoms with Crippen molar-refractivity contribution < 1.29 is 12.9 Å².